The van der Waals surface area contributed by atoms with Crippen LogP contribution in [0.5, 0.6) is 0 Å². The number of Topliss-reactive ketones (excluding diaryl/α,β-unsaturated/α-hetero) is 1. The minimum atomic E-state index is 0.159. The first kappa shape index (κ1) is 14.3. The zero-order valence-corrected chi connectivity index (χ0v) is 11.2. The molecule has 0 bridgehead atoms. The van der Waals surface area contributed by atoms with E-state index in [0.717, 1.165) is 18.0 Å². The van der Waals surface area contributed by atoms with Gasteiger partial charge in [-0.1, -0.05) is 6.07 Å². The van der Waals surface area contributed by atoms with E-state index < -0.39 is 0 Å². The summed E-state index contributed by atoms with van der Waals surface area (Å²) in [6.07, 6.45) is 0. The normalized spacial score (nSPS) is 11.0. The number of rotatable bonds is 9. The summed E-state index contributed by atoms with van der Waals surface area (Å²) in [5.41, 5.74) is 0. The molecule has 0 N–H and O–H groups in total. The molecule has 0 spiro atoms. The summed E-state index contributed by atoms with van der Waals surface area (Å²) >= 11 is 1.48. The molecule has 0 fully saturated rings. The lowest BCUT2D eigenvalue weighted by Gasteiger charge is -2.20. The van der Waals surface area contributed by atoms with Gasteiger partial charge in [0.2, 0.25) is 0 Å². The zero-order chi connectivity index (χ0) is 12.5. The highest BCUT2D eigenvalue weighted by Gasteiger charge is 2.12. The molecule has 1 rings (SSSR count). The third-order valence-electron chi connectivity index (χ3n) is 2.39. The van der Waals surface area contributed by atoms with Gasteiger partial charge in [-0.15, -0.1) is 11.3 Å². The van der Waals surface area contributed by atoms with E-state index in [-0.39, 0.29) is 5.78 Å². The van der Waals surface area contributed by atoms with Gasteiger partial charge in [0, 0.05) is 27.3 Å². The van der Waals surface area contributed by atoms with Gasteiger partial charge in [-0.3, -0.25) is 9.69 Å². The van der Waals surface area contributed by atoms with E-state index in [4.69, 9.17) is 9.47 Å². The van der Waals surface area contributed by atoms with Crippen LogP contribution in [0.4, 0.5) is 0 Å². The van der Waals surface area contributed by atoms with Crippen molar-refractivity contribution in [3.63, 3.8) is 0 Å². The van der Waals surface area contributed by atoms with Gasteiger partial charge in [0.05, 0.1) is 24.6 Å². The number of thiophene rings is 1. The second-order valence-corrected chi connectivity index (χ2v) is 4.61. The first-order chi connectivity index (χ1) is 8.27. The van der Waals surface area contributed by atoms with Crippen molar-refractivity contribution in [1.82, 2.24) is 4.90 Å². The summed E-state index contributed by atoms with van der Waals surface area (Å²) < 4.78 is 10.1. The average molecular weight is 257 g/mol. The number of carbonyl (C=O) groups excluding carboxylic acids is 1. The summed E-state index contributed by atoms with van der Waals surface area (Å²) in [6, 6.07) is 3.75. The molecule has 17 heavy (non-hydrogen) atoms. The van der Waals surface area contributed by atoms with Crippen LogP contribution < -0.4 is 0 Å². The van der Waals surface area contributed by atoms with Crippen molar-refractivity contribution in [2.45, 2.75) is 0 Å². The van der Waals surface area contributed by atoms with Crippen molar-refractivity contribution < 1.29 is 14.3 Å². The Labute approximate surface area is 106 Å². The van der Waals surface area contributed by atoms with Crippen molar-refractivity contribution in [2.24, 2.45) is 0 Å². The van der Waals surface area contributed by atoms with E-state index >= 15 is 0 Å². The lowest BCUT2D eigenvalue weighted by atomic mass is 10.3. The first-order valence-corrected chi connectivity index (χ1v) is 6.43. The fourth-order valence-electron chi connectivity index (χ4n) is 1.43. The third-order valence-corrected chi connectivity index (χ3v) is 3.30. The molecule has 0 amide bonds. The van der Waals surface area contributed by atoms with Crippen LogP contribution in [0, 0.1) is 0 Å². The van der Waals surface area contributed by atoms with Crippen molar-refractivity contribution in [3.05, 3.63) is 22.4 Å². The van der Waals surface area contributed by atoms with Crippen LogP contribution in [0.3, 0.4) is 0 Å². The second kappa shape index (κ2) is 8.36. The van der Waals surface area contributed by atoms with Crippen molar-refractivity contribution in [2.75, 3.05) is 47.1 Å². The molecule has 1 aromatic rings. The summed E-state index contributed by atoms with van der Waals surface area (Å²) in [5.74, 6) is 0.159. The Bertz CT molecular complexity index is 306. The van der Waals surface area contributed by atoms with Gasteiger partial charge in [-0.05, 0) is 11.4 Å². The van der Waals surface area contributed by atoms with E-state index in [0.29, 0.717) is 19.8 Å². The van der Waals surface area contributed by atoms with Crippen LogP contribution in [0.15, 0.2) is 17.5 Å². The van der Waals surface area contributed by atoms with E-state index in [1.165, 1.54) is 11.3 Å². The van der Waals surface area contributed by atoms with Gasteiger partial charge in [-0.2, -0.15) is 0 Å². The minimum Gasteiger partial charge on any atom is -0.383 e. The van der Waals surface area contributed by atoms with Crippen LogP contribution in [-0.2, 0) is 9.47 Å². The summed E-state index contributed by atoms with van der Waals surface area (Å²) in [5, 5.41) is 1.92. The van der Waals surface area contributed by atoms with Crippen LogP contribution >= 0.6 is 11.3 Å². The first-order valence-electron chi connectivity index (χ1n) is 5.55. The fourth-order valence-corrected chi connectivity index (χ4v) is 2.09. The Morgan fingerprint density at radius 1 is 1.29 bits per heavy atom. The maximum absolute atomic E-state index is 11.9. The molecule has 96 valence electrons. The number of ether oxygens (including phenoxy) is 2. The van der Waals surface area contributed by atoms with Gasteiger partial charge >= 0.3 is 0 Å². The Morgan fingerprint density at radius 3 is 2.41 bits per heavy atom. The summed E-state index contributed by atoms with van der Waals surface area (Å²) in [4.78, 5) is 14.8. The number of hydrogen-bond acceptors (Lipinski definition) is 5. The Kier molecular flexibility index (Phi) is 7.04. The molecular weight excluding hydrogens is 238 g/mol. The number of ketones is 1. The lowest BCUT2D eigenvalue weighted by molar-refractivity contribution is 0.0840. The second-order valence-electron chi connectivity index (χ2n) is 3.66. The molecule has 0 saturated carbocycles. The Morgan fingerprint density at radius 2 is 1.94 bits per heavy atom. The molecule has 5 heteroatoms. The van der Waals surface area contributed by atoms with E-state index in [1.54, 1.807) is 14.2 Å². The SMILES string of the molecule is COCCN(CCOC)CC(=O)c1cccs1. The van der Waals surface area contributed by atoms with Crippen molar-refractivity contribution in [1.29, 1.82) is 0 Å². The van der Waals surface area contributed by atoms with E-state index in [9.17, 15) is 4.79 Å². The van der Waals surface area contributed by atoms with Crippen LogP contribution in [0.25, 0.3) is 0 Å². The predicted molar refractivity (Wildman–Crippen MR) is 68.8 cm³/mol. The average Bonchev–Trinajstić information content (AvgIpc) is 2.86. The maximum atomic E-state index is 11.9. The molecule has 0 atom stereocenters. The summed E-state index contributed by atoms with van der Waals surface area (Å²) in [6.45, 7) is 3.17. The van der Waals surface area contributed by atoms with Gasteiger partial charge in [0.1, 0.15) is 0 Å². The number of hydrogen-bond donors (Lipinski definition) is 0. The largest absolute Gasteiger partial charge is 0.383 e. The van der Waals surface area contributed by atoms with Gasteiger partial charge in [-0.25, -0.2) is 0 Å². The highest BCUT2D eigenvalue weighted by molar-refractivity contribution is 7.12. The predicted octanol–water partition coefficient (Wildman–Crippen LogP) is 1.53. The van der Waals surface area contributed by atoms with Crippen LogP contribution in [0.2, 0.25) is 0 Å². The standard InChI is InChI=1S/C12H19NO3S/c1-15-7-5-13(6-8-16-2)10-11(14)12-4-3-9-17-12/h3-4,9H,5-8,10H2,1-2H3. The maximum Gasteiger partial charge on any atom is 0.186 e. The molecule has 0 aliphatic carbocycles. The molecule has 0 aliphatic heterocycles. The highest BCUT2D eigenvalue weighted by atomic mass is 32.1. The van der Waals surface area contributed by atoms with Gasteiger partial charge in [0.25, 0.3) is 0 Å². The van der Waals surface area contributed by atoms with Crippen LogP contribution in [-0.4, -0.2) is 57.8 Å². The molecule has 0 aliphatic rings. The minimum absolute atomic E-state index is 0.159. The lowest BCUT2D eigenvalue weighted by Crippen LogP contribution is -2.35. The molecule has 1 aromatic heterocycles. The molecular formula is C12H19NO3S. The Hall–Kier alpha value is -0.750. The molecule has 0 saturated heterocycles. The van der Waals surface area contributed by atoms with Crippen molar-refractivity contribution >= 4 is 17.1 Å². The zero-order valence-electron chi connectivity index (χ0n) is 10.3. The van der Waals surface area contributed by atoms with E-state index in [2.05, 4.69) is 4.90 Å². The fraction of sp³-hybridized carbons (Fsp3) is 0.583. The van der Waals surface area contributed by atoms with Crippen molar-refractivity contribution in [3.8, 4) is 0 Å². The quantitative estimate of drug-likeness (QED) is 0.629. The third kappa shape index (κ3) is 5.41. The molecule has 1 heterocycles. The molecule has 4 nitrogen and oxygen atoms in total. The summed E-state index contributed by atoms with van der Waals surface area (Å²) in [7, 11) is 3.32. The van der Waals surface area contributed by atoms with Gasteiger partial charge < -0.3 is 9.47 Å². The molecule has 0 aromatic carbocycles. The monoisotopic (exact) mass is 257 g/mol. The topological polar surface area (TPSA) is 38.8 Å². The molecule has 0 radical (unpaired) electrons. The van der Waals surface area contributed by atoms with E-state index in [1.807, 2.05) is 17.5 Å². The number of methoxy groups -OCH3 is 2. The number of carbonyl (C=O) groups is 1. The molecule has 0 unspecified atom stereocenters. The smallest absolute Gasteiger partial charge is 0.186 e. The Balaban J connectivity index is 2.43. The van der Waals surface area contributed by atoms with Gasteiger partial charge in [0.15, 0.2) is 5.78 Å². The number of nitrogens with zero attached hydrogens (tertiary/aromatic N) is 1. The highest BCUT2D eigenvalue weighted by Crippen LogP contribution is 2.10. The van der Waals surface area contributed by atoms with Crippen LogP contribution in [0.1, 0.15) is 9.67 Å².